The number of hydrogen-bond acceptors (Lipinski definition) is 7. The molecular formula is C18H22N2O6S. The van der Waals surface area contributed by atoms with E-state index in [0.717, 1.165) is 29.5 Å². The van der Waals surface area contributed by atoms with Crippen molar-refractivity contribution in [1.82, 2.24) is 10.2 Å². The summed E-state index contributed by atoms with van der Waals surface area (Å²) in [5.41, 5.74) is 0.316. The molecule has 0 saturated carbocycles. The largest absolute Gasteiger partial charge is 0.494 e. The second-order valence-corrected chi connectivity index (χ2v) is 6.68. The van der Waals surface area contributed by atoms with Gasteiger partial charge in [-0.05, 0) is 30.7 Å². The highest BCUT2D eigenvalue weighted by Crippen LogP contribution is 2.17. The number of amides is 3. The summed E-state index contributed by atoms with van der Waals surface area (Å²) < 4.78 is 10.5. The highest BCUT2D eigenvalue weighted by Gasteiger charge is 2.29. The predicted molar refractivity (Wildman–Crippen MR) is 99.7 cm³/mol. The number of unbranched alkanes of at least 4 members (excludes halogenated alkanes) is 1. The van der Waals surface area contributed by atoms with E-state index in [1.165, 1.54) is 0 Å². The van der Waals surface area contributed by atoms with Crippen molar-refractivity contribution in [2.45, 2.75) is 19.8 Å². The van der Waals surface area contributed by atoms with Crippen molar-refractivity contribution >= 4 is 34.8 Å². The van der Waals surface area contributed by atoms with Gasteiger partial charge in [-0.3, -0.25) is 19.3 Å². The predicted octanol–water partition coefficient (Wildman–Crippen LogP) is 1.83. The number of hydrogen-bond donors (Lipinski definition) is 1. The number of imide groups is 1. The van der Waals surface area contributed by atoms with Crippen LogP contribution in [0, 0.1) is 0 Å². The molecule has 0 radical (unpaired) electrons. The number of nitrogens with one attached hydrogen (secondary N) is 1. The van der Waals surface area contributed by atoms with E-state index >= 15 is 0 Å². The number of carbonyl (C=O) groups is 4. The van der Waals surface area contributed by atoms with Gasteiger partial charge in [0.15, 0.2) is 6.61 Å². The van der Waals surface area contributed by atoms with Gasteiger partial charge in [0.05, 0.1) is 17.9 Å². The Morgan fingerprint density at radius 2 is 1.96 bits per heavy atom. The number of ether oxygens (including phenoxy) is 2. The van der Waals surface area contributed by atoms with Gasteiger partial charge in [0.1, 0.15) is 5.75 Å². The first-order valence-electron chi connectivity index (χ1n) is 8.65. The van der Waals surface area contributed by atoms with Gasteiger partial charge in [-0.1, -0.05) is 25.1 Å². The Labute approximate surface area is 161 Å². The van der Waals surface area contributed by atoms with Gasteiger partial charge in [0.2, 0.25) is 5.91 Å². The Kier molecular flexibility index (Phi) is 8.12. The fourth-order valence-electron chi connectivity index (χ4n) is 2.19. The first-order chi connectivity index (χ1) is 13.0. The first-order valence-corrected chi connectivity index (χ1v) is 9.63. The summed E-state index contributed by atoms with van der Waals surface area (Å²) in [6, 6.07) is 6.50. The molecule has 0 bridgehead atoms. The lowest BCUT2D eigenvalue weighted by Crippen LogP contribution is -2.38. The Bertz CT molecular complexity index is 676. The van der Waals surface area contributed by atoms with Gasteiger partial charge < -0.3 is 14.8 Å². The molecule has 1 aliphatic rings. The average Bonchev–Trinajstić information content (AvgIpc) is 2.99. The second kappa shape index (κ2) is 10.6. The third kappa shape index (κ3) is 6.59. The minimum Gasteiger partial charge on any atom is -0.494 e. The summed E-state index contributed by atoms with van der Waals surface area (Å²) in [6.07, 6.45) is 1.99. The summed E-state index contributed by atoms with van der Waals surface area (Å²) in [4.78, 5) is 47.6. The lowest BCUT2D eigenvalue weighted by molar-refractivity contribution is -0.126. The van der Waals surface area contributed by atoms with Crippen molar-refractivity contribution in [2.24, 2.45) is 0 Å². The highest BCUT2D eigenvalue weighted by atomic mass is 32.2. The number of benzene rings is 1. The molecule has 146 valence electrons. The molecule has 1 fully saturated rings. The van der Waals surface area contributed by atoms with Crippen LogP contribution in [0.3, 0.4) is 0 Å². The lowest BCUT2D eigenvalue weighted by Gasteiger charge is -2.13. The quantitative estimate of drug-likeness (QED) is 0.477. The third-order valence-electron chi connectivity index (χ3n) is 3.69. The number of thioether (sulfide) groups is 1. The minimum atomic E-state index is -0.619. The Balaban J connectivity index is 1.67. The SMILES string of the molecule is CCCCOc1ccc(C(=O)OCC(=O)NCCN2C(=O)CSC2=O)cc1. The molecule has 1 aromatic rings. The van der Waals surface area contributed by atoms with Gasteiger partial charge in [-0.25, -0.2) is 4.79 Å². The molecule has 27 heavy (non-hydrogen) atoms. The monoisotopic (exact) mass is 394 g/mol. The molecule has 0 atom stereocenters. The van der Waals surface area contributed by atoms with Gasteiger partial charge in [0.25, 0.3) is 11.1 Å². The average molecular weight is 394 g/mol. The minimum absolute atomic E-state index is 0.101. The van der Waals surface area contributed by atoms with Crippen LogP contribution in [-0.2, 0) is 14.3 Å². The third-order valence-corrected chi connectivity index (χ3v) is 4.55. The zero-order chi connectivity index (χ0) is 19.6. The molecule has 3 amide bonds. The van der Waals surface area contributed by atoms with Gasteiger partial charge in [-0.15, -0.1) is 0 Å². The van der Waals surface area contributed by atoms with Crippen LogP contribution in [0.5, 0.6) is 5.75 Å². The van der Waals surface area contributed by atoms with Crippen molar-refractivity contribution < 1.29 is 28.7 Å². The van der Waals surface area contributed by atoms with Crippen molar-refractivity contribution in [3.8, 4) is 5.75 Å². The molecule has 1 saturated heterocycles. The van der Waals surface area contributed by atoms with E-state index in [4.69, 9.17) is 9.47 Å². The van der Waals surface area contributed by atoms with Crippen LogP contribution in [-0.4, -0.2) is 60.0 Å². The van der Waals surface area contributed by atoms with Crippen LogP contribution in [0.1, 0.15) is 30.1 Å². The Morgan fingerprint density at radius 3 is 2.59 bits per heavy atom. The maximum absolute atomic E-state index is 11.9. The summed E-state index contributed by atoms with van der Waals surface area (Å²) in [5.74, 6) is -0.594. The number of nitrogens with zero attached hydrogens (tertiary/aromatic N) is 1. The molecule has 0 unspecified atom stereocenters. The number of esters is 1. The second-order valence-electron chi connectivity index (χ2n) is 5.75. The maximum Gasteiger partial charge on any atom is 0.338 e. The smallest absolute Gasteiger partial charge is 0.338 e. The molecule has 1 N–H and O–H groups in total. The van der Waals surface area contributed by atoms with Gasteiger partial charge >= 0.3 is 5.97 Å². The molecule has 8 nitrogen and oxygen atoms in total. The standard InChI is InChI=1S/C18H22N2O6S/c1-2-3-10-25-14-6-4-13(5-7-14)17(23)26-11-15(21)19-8-9-20-16(22)12-27-18(20)24/h4-7H,2-3,8-12H2,1H3,(H,19,21). The summed E-state index contributed by atoms with van der Waals surface area (Å²) in [7, 11) is 0. The van der Waals surface area contributed by atoms with E-state index in [1.54, 1.807) is 24.3 Å². The molecule has 9 heteroatoms. The molecule has 1 heterocycles. The van der Waals surface area contributed by atoms with Crippen LogP contribution in [0.2, 0.25) is 0 Å². The topological polar surface area (TPSA) is 102 Å². The summed E-state index contributed by atoms with van der Waals surface area (Å²) >= 11 is 0.937. The molecular weight excluding hydrogens is 372 g/mol. The van der Waals surface area contributed by atoms with E-state index in [-0.39, 0.29) is 30.0 Å². The van der Waals surface area contributed by atoms with Crippen LogP contribution in [0.25, 0.3) is 0 Å². The Hall–Kier alpha value is -2.55. The van der Waals surface area contributed by atoms with E-state index in [1.807, 2.05) is 0 Å². The van der Waals surface area contributed by atoms with Crippen molar-refractivity contribution in [1.29, 1.82) is 0 Å². The zero-order valence-electron chi connectivity index (χ0n) is 15.1. The molecule has 0 aromatic heterocycles. The molecule has 1 aromatic carbocycles. The van der Waals surface area contributed by atoms with E-state index < -0.39 is 18.5 Å². The molecule has 0 spiro atoms. The molecule has 1 aliphatic heterocycles. The summed E-state index contributed by atoms with van der Waals surface area (Å²) in [5, 5.41) is 2.19. The first kappa shape index (κ1) is 20.8. The van der Waals surface area contributed by atoms with Gasteiger partial charge in [-0.2, -0.15) is 0 Å². The highest BCUT2D eigenvalue weighted by molar-refractivity contribution is 8.14. The zero-order valence-corrected chi connectivity index (χ0v) is 15.9. The van der Waals surface area contributed by atoms with Crippen molar-refractivity contribution in [2.75, 3.05) is 32.1 Å². The maximum atomic E-state index is 11.9. The van der Waals surface area contributed by atoms with Crippen LogP contribution in [0.4, 0.5) is 4.79 Å². The van der Waals surface area contributed by atoms with E-state index in [0.29, 0.717) is 17.9 Å². The van der Waals surface area contributed by atoms with Crippen LogP contribution in [0.15, 0.2) is 24.3 Å². The lowest BCUT2D eigenvalue weighted by atomic mass is 10.2. The Morgan fingerprint density at radius 1 is 1.22 bits per heavy atom. The van der Waals surface area contributed by atoms with Gasteiger partial charge in [0, 0.05) is 13.1 Å². The fourth-order valence-corrected chi connectivity index (χ4v) is 2.94. The molecule has 2 rings (SSSR count). The fraction of sp³-hybridized carbons (Fsp3) is 0.444. The van der Waals surface area contributed by atoms with Crippen molar-refractivity contribution in [3.63, 3.8) is 0 Å². The van der Waals surface area contributed by atoms with Crippen LogP contribution < -0.4 is 10.1 Å². The van der Waals surface area contributed by atoms with Crippen molar-refractivity contribution in [3.05, 3.63) is 29.8 Å². The van der Waals surface area contributed by atoms with E-state index in [2.05, 4.69) is 12.2 Å². The number of carbonyl (C=O) groups excluding carboxylic acids is 4. The normalized spacial score (nSPS) is 13.6. The van der Waals surface area contributed by atoms with E-state index in [9.17, 15) is 19.2 Å². The number of rotatable bonds is 10. The summed E-state index contributed by atoms with van der Waals surface area (Å²) in [6.45, 7) is 2.46. The van der Waals surface area contributed by atoms with Crippen LogP contribution >= 0.6 is 11.8 Å². The molecule has 0 aliphatic carbocycles.